The van der Waals surface area contributed by atoms with Crippen LogP contribution in [0.5, 0.6) is 0 Å². The van der Waals surface area contributed by atoms with Gasteiger partial charge >= 0.3 is 0 Å². The van der Waals surface area contributed by atoms with Crippen molar-refractivity contribution in [1.29, 1.82) is 0 Å². The molecule has 1 aliphatic rings. The second-order valence-electron chi connectivity index (χ2n) is 4.81. The number of anilines is 1. The molecule has 0 amide bonds. The lowest BCUT2D eigenvalue weighted by Crippen LogP contribution is -2.22. The first kappa shape index (κ1) is 12.7. The predicted molar refractivity (Wildman–Crippen MR) is 74.8 cm³/mol. The normalized spacial score (nSPS) is 19.9. The molecule has 1 aliphatic heterocycles. The molecule has 1 aromatic carbocycles. The molecule has 0 aromatic heterocycles. The number of nitrogens with one attached hydrogen (secondary N) is 1. The van der Waals surface area contributed by atoms with E-state index in [-0.39, 0.29) is 0 Å². The molecule has 2 rings (SSSR count). The molecule has 94 valence electrons. The SMILES string of the molecule is CCC1CCN(c2ccc(Cl)cc2CNC)C1. The molecular formula is C14H21ClN2. The second kappa shape index (κ2) is 5.74. The third-order valence-electron chi connectivity index (χ3n) is 3.61. The lowest BCUT2D eigenvalue weighted by atomic mass is 10.1. The molecule has 0 saturated carbocycles. The fourth-order valence-electron chi connectivity index (χ4n) is 2.58. The standard InChI is InChI=1S/C14H21ClN2/c1-3-11-6-7-17(10-11)14-5-4-13(15)8-12(14)9-16-2/h4-5,8,11,16H,3,6-7,9-10H2,1-2H3. The number of halogens is 1. The highest BCUT2D eigenvalue weighted by Crippen LogP contribution is 2.30. The van der Waals surface area contributed by atoms with E-state index in [9.17, 15) is 0 Å². The molecule has 1 atom stereocenters. The average molecular weight is 253 g/mol. The Hall–Kier alpha value is -0.730. The molecule has 0 bridgehead atoms. The summed E-state index contributed by atoms with van der Waals surface area (Å²) >= 11 is 6.07. The molecule has 1 unspecified atom stereocenters. The van der Waals surface area contributed by atoms with Crippen molar-refractivity contribution < 1.29 is 0 Å². The zero-order chi connectivity index (χ0) is 12.3. The molecule has 1 saturated heterocycles. The van der Waals surface area contributed by atoms with Crippen molar-refractivity contribution in [3.63, 3.8) is 0 Å². The van der Waals surface area contributed by atoms with Gasteiger partial charge in [0.1, 0.15) is 0 Å². The van der Waals surface area contributed by atoms with E-state index in [1.807, 2.05) is 13.1 Å². The van der Waals surface area contributed by atoms with Gasteiger partial charge in [-0.05, 0) is 43.1 Å². The number of nitrogens with zero attached hydrogens (tertiary/aromatic N) is 1. The number of benzene rings is 1. The monoisotopic (exact) mass is 252 g/mol. The Labute approximate surface area is 109 Å². The number of rotatable bonds is 4. The summed E-state index contributed by atoms with van der Waals surface area (Å²) in [7, 11) is 1.98. The van der Waals surface area contributed by atoms with Crippen LogP contribution in [0.25, 0.3) is 0 Å². The largest absolute Gasteiger partial charge is 0.371 e. The molecule has 0 spiro atoms. The van der Waals surface area contributed by atoms with Crippen molar-refractivity contribution in [3.8, 4) is 0 Å². The van der Waals surface area contributed by atoms with E-state index < -0.39 is 0 Å². The van der Waals surface area contributed by atoms with Crippen LogP contribution in [0.15, 0.2) is 18.2 Å². The van der Waals surface area contributed by atoms with Gasteiger partial charge in [0.05, 0.1) is 0 Å². The van der Waals surface area contributed by atoms with Gasteiger partial charge in [-0.15, -0.1) is 0 Å². The quantitative estimate of drug-likeness (QED) is 0.885. The van der Waals surface area contributed by atoms with Gasteiger partial charge in [0.2, 0.25) is 0 Å². The summed E-state index contributed by atoms with van der Waals surface area (Å²) < 4.78 is 0. The molecular weight excluding hydrogens is 232 g/mol. The molecule has 1 fully saturated rings. The molecule has 2 nitrogen and oxygen atoms in total. The first-order chi connectivity index (χ1) is 8.24. The first-order valence-electron chi connectivity index (χ1n) is 6.42. The van der Waals surface area contributed by atoms with Gasteiger partial charge in [-0.3, -0.25) is 0 Å². The van der Waals surface area contributed by atoms with E-state index in [0.717, 1.165) is 17.5 Å². The Kier molecular flexibility index (Phi) is 4.30. The first-order valence-corrected chi connectivity index (χ1v) is 6.80. The fourth-order valence-corrected chi connectivity index (χ4v) is 2.77. The summed E-state index contributed by atoms with van der Waals surface area (Å²) in [4.78, 5) is 2.50. The van der Waals surface area contributed by atoms with Gasteiger partial charge in [0.25, 0.3) is 0 Å². The minimum Gasteiger partial charge on any atom is -0.371 e. The maximum absolute atomic E-state index is 6.07. The highest BCUT2D eigenvalue weighted by molar-refractivity contribution is 6.30. The van der Waals surface area contributed by atoms with E-state index in [1.54, 1.807) is 0 Å². The third kappa shape index (κ3) is 2.93. The minimum atomic E-state index is 0.824. The summed E-state index contributed by atoms with van der Waals surface area (Å²) in [6.07, 6.45) is 2.60. The Morgan fingerprint density at radius 1 is 1.47 bits per heavy atom. The zero-order valence-electron chi connectivity index (χ0n) is 10.7. The Bertz CT molecular complexity index is 378. The van der Waals surface area contributed by atoms with Crippen LogP contribution in [0.4, 0.5) is 5.69 Å². The smallest absolute Gasteiger partial charge is 0.0412 e. The van der Waals surface area contributed by atoms with Crippen LogP contribution >= 0.6 is 11.6 Å². The van der Waals surface area contributed by atoms with E-state index in [4.69, 9.17) is 11.6 Å². The van der Waals surface area contributed by atoms with Crippen molar-refractivity contribution in [2.75, 3.05) is 25.0 Å². The van der Waals surface area contributed by atoms with Crippen LogP contribution in [0.1, 0.15) is 25.3 Å². The predicted octanol–water partition coefficient (Wildman–Crippen LogP) is 3.30. The van der Waals surface area contributed by atoms with E-state index >= 15 is 0 Å². The summed E-state index contributed by atoms with van der Waals surface area (Å²) in [6, 6.07) is 6.23. The van der Waals surface area contributed by atoms with Gasteiger partial charge in [-0.25, -0.2) is 0 Å². The number of hydrogen-bond acceptors (Lipinski definition) is 2. The van der Waals surface area contributed by atoms with Crippen molar-refractivity contribution in [3.05, 3.63) is 28.8 Å². The number of hydrogen-bond donors (Lipinski definition) is 1. The maximum Gasteiger partial charge on any atom is 0.0412 e. The van der Waals surface area contributed by atoms with Crippen molar-refractivity contribution in [2.24, 2.45) is 5.92 Å². The maximum atomic E-state index is 6.07. The molecule has 0 aliphatic carbocycles. The lowest BCUT2D eigenvalue weighted by molar-refractivity contribution is 0.569. The third-order valence-corrected chi connectivity index (χ3v) is 3.85. The summed E-state index contributed by atoms with van der Waals surface area (Å²) in [5.74, 6) is 0.855. The van der Waals surface area contributed by atoms with Crippen LogP contribution in [-0.2, 0) is 6.54 Å². The van der Waals surface area contributed by atoms with Gasteiger partial charge in [-0.1, -0.05) is 24.9 Å². The second-order valence-corrected chi connectivity index (χ2v) is 5.25. The molecule has 1 aromatic rings. The Morgan fingerprint density at radius 2 is 2.29 bits per heavy atom. The summed E-state index contributed by atoms with van der Waals surface area (Å²) in [6.45, 7) is 5.53. The molecule has 17 heavy (non-hydrogen) atoms. The molecule has 0 radical (unpaired) electrons. The summed E-state index contributed by atoms with van der Waals surface area (Å²) in [5, 5.41) is 4.04. The molecule has 1 N–H and O–H groups in total. The van der Waals surface area contributed by atoms with Crippen molar-refractivity contribution in [2.45, 2.75) is 26.3 Å². The topological polar surface area (TPSA) is 15.3 Å². The van der Waals surface area contributed by atoms with Gasteiger partial charge in [0.15, 0.2) is 0 Å². The fraction of sp³-hybridized carbons (Fsp3) is 0.571. The Morgan fingerprint density at radius 3 is 2.94 bits per heavy atom. The van der Waals surface area contributed by atoms with Crippen LogP contribution in [0.3, 0.4) is 0 Å². The van der Waals surface area contributed by atoms with Gasteiger partial charge < -0.3 is 10.2 Å². The average Bonchev–Trinajstić information content (AvgIpc) is 2.78. The van der Waals surface area contributed by atoms with Crippen molar-refractivity contribution in [1.82, 2.24) is 5.32 Å². The van der Waals surface area contributed by atoms with E-state index in [1.165, 1.54) is 37.2 Å². The van der Waals surface area contributed by atoms with Gasteiger partial charge in [-0.2, -0.15) is 0 Å². The van der Waals surface area contributed by atoms with Crippen molar-refractivity contribution >= 4 is 17.3 Å². The van der Waals surface area contributed by atoms with E-state index in [0.29, 0.717) is 0 Å². The molecule has 1 heterocycles. The highest BCUT2D eigenvalue weighted by atomic mass is 35.5. The van der Waals surface area contributed by atoms with Gasteiger partial charge in [0, 0.05) is 30.3 Å². The van der Waals surface area contributed by atoms with Crippen LogP contribution in [-0.4, -0.2) is 20.1 Å². The van der Waals surface area contributed by atoms with Crippen LogP contribution < -0.4 is 10.2 Å². The minimum absolute atomic E-state index is 0.824. The summed E-state index contributed by atoms with van der Waals surface area (Å²) in [5.41, 5.74) is 2.65. The highest BCUT2D eigenvalue weighted by Gasteiger charge is 2.22. The lowest BCUT2D eigenvalue weighted by Gasteiger charge is -2.22. The van der Waals surface area contributed by atoms with Crippen LogP contribution in [0, 0.1) is 5.92 Å². The molecule has 3 heteroatoms. The van der Waals surface area contributed by atoms with Crippen LogP contribution in [0.2, 0.25) is 5.02 Å². The Balaban J connectivity index is 2.19. The van der Waals surface area contributed by atoms with E-state index in [2.05, 4.69) is 29.3 Å². The zero-order valence-corrected chi connectivity index (χ0v) is 11.4.